The molecule has 0 radical (unpaired) electrons. The third-order valence-corrected chi connectivity index (χ3v) is 3.82. The summed E-state index contributed by atoms with van der Waals surface area (Å²) < 4.78 is 0. The van der Waals surface area contributed by atoms with Gasteiger partial charge in [0.1, 0.15) is 0 Å². The summed E-state index contributed by atoms with van der Waals surface area (Å²) in [6.45, 7) is 0. The summed E-state index contributed by atoms with van der Waals surface area (Å²) in [5, 5.41) is 14.7. The largest absolute Gasteiger partial charge is 0.338 e. The molecule has 2 N–H and O–H groups in total. The topological polar surface area (TPSA) is 66.9 Å². The normalized spacial score (nSPS) is 10.2. The van der Waals surface area contributed by atoms with Crippen LogP contribution >= 0.6 is 23.2 Å². The Balaban J connectivity index is 1.71. The number of amides is 1. The molecule has 0 aliphatic carbocycles. The van der Waals surface area contributed by atoms with Crippen LogP contribution in [-0.4, -0.2) is 16.1 Å². The highest BCUT2D eigenvalue weighted by atomic mass is 35.5. The van der Waals surface area contributed by atoms with Gasteiger partial charge in [-0.1, -0.05) is 47.5 Å². The molecule has 7 heteroatoms. The van der Waals surface area contributed by atoms with E-state index in [1.54, 1.807) is 42.5 Å². The second-order valence-electron chi connectivity index (χ2n) is 4.84. The van der Waals surface area contributed by atoms with Gasteiger partial charge in [-0.05, 0) is 36.4 Å². The second-order valence-corrected chi connectivity index (χ2v) is 5.66. The average molecular weight is 359 g/mol. The van der Waals surface area contributed by atoms with E-state index in [-0.39, 0.29) is 11.6 Å². The van der Waals surface area contributed by atoms with Crippen LogP contribution in [-0.2, 0) is 0 Å². The van der Waals surface area contributed by atoms with E-state index in [9.17, 15) is 4.79 Å². The second kappa shape index (κ2) is 7.29. The van der Waals surface area contributed by atoms with Crippen LogP contribution in [0.3, 0.4) is 0 Å². The molecule has 120 valence electrons. The van der Waals surface area contributed by atoms with E-state index in [1.807, 2.05) is 18.2 Å². The first-order chi connectivity index (χ1) is 11.6. The van der Waals surface area contributed by atoms with Crippen LogP contribution in [0.4, 0.5) is 17.2 Å². The molecule has 1 aromatic heterocycles. The van der Waals surface area contributed by atoms with Crippen molar-refractivity contribution in [1.82, 2.24) is 10.2 Å². The molecule has 0 unspecified atom stereocenters. The molecule has 2 aromatic carbocycles. The maximum Gasteiger partial charge on any atom is 0.276 e. The van der Waals surface area contributed by atoms with E-state index < -0.39 is 0 Å². The molecular weight excluding hydrogens is 347 g/mol. The van der Waals surface area contributed by atoms with Crippen molar-refractivity contribution in [2.24, 2.45) is 0 Å². The highest BCUT2D eigenvalue weighted by molar-refractivity contribution is 6.34. The van der Waals surface area contributed by atoms with Crippen molar-refractivity contribution in [2.45, 2.75) is 0 Å². The Morgan fingerprint density at radius 2 is 1.42 bits per heavy atom. The van der Waals surface area contributed by atoms with Crippen LogP contribution in [0.5, 0.6) is 0 Å². The third kappa shape index (κ3) is 3.82. The highest BCUT2D eigenvalue weighted by Gasteiger charge is 2.10. The number of aromatic nitrogens is 2. The predicted octanol–water partition coefficient (Wildman–Crippen LogP) is 4.78. The molecule has 0 fully saturated rings. The van der Waals surface area contributed by atoms with Crippen molar-refractivity contribution in [2.75, 3.05) is 10.6 Å². The van der Waals surface area contributed by atoms with E-state index in [0.29, 0.717) is 27.2 Å². The lowest BCUT2D eigenvalue weighted by atomic mass is 10.3. The summed E-state index contributed by atoms with van der Waals surface area (Å²) in [6, 6.07) is 17.5. The molecule has 0 bridgehead atoms. The standard InChI is InChI=1S/C17H12Cl2N4O/c18-11-5-1-3-7-13(11)20-16-10-9-15(22-23-16)17(24)21-14-8-4-2-6-12(14)19/h1-10H,(H,20,23)(H,21,24). The quantitative estimate of drug-likeness (QED) is 0.704. The number of hydrogen-bond acceptors (Lipinski definition) is 4. The van der Waals surface area contributed by atoms with E-state index in [1.165, 1.54) is 0 Å². The molecule has 1 heterocycles. The monoisotopic (exact) mass is 358 g/mol. The van der Waals surface area contributed by atoms with Crippen molar-refractivity contribution in [3.63, 3.8) is 0 Å². The van der Waals surface area contributed by atoms with Crippen molar-refractivity contribution >= 4 is 46.3 Å². The lowest BCUT2D eigenvalue weighted by Crippen LogP contribution is -2.14. The Bertz CT molecular complexity index is 868. The van der Waals surface area contributed by atoms with Gasteiger partial charge in [0.05, 0.1) is 21.4 Å². The van der Waals surface area contributed by atoms with Gasteiger partial charge in [-0.15, -0.1) is 10.2 Å². The molecular formula is C17H12Cl2N4O. The number of anilines is 3. The fraction of sp³-hybridized carbons (Fsp3) is 0. The first kappa shape index (κ1) is 16.2. The molecule has 3 rings (SSSR count). The minimum Gasteiger partial charge on any atom is -0.338 e. The Kier molecular flexibility index (Phi) is 4.93. The maximum absolute atomic E-state index is 12.2. The lowest BCUT2D eigenvalue weighted by Gasteiger charge is -2.08. The van der Waals surface area contributed by atoms with Crippen LogP contribution in [0, 0.1) is 0 Å². The van der Waals surface area contributed by atoms with Crippen molar-refractivity contribution in [3.8, 4) is 0 Å². The highest BCUT2D eigenvalue weighted by Crippen LogP contribution is 2.24. The number of halogens is 2. The van der Waals surface area contributed by atoms with Crippen LogP contribution in [0.15, 0.2) is 60.7 Å². The summed E-state index contributed by atoms with van der Waals surface area (Å²) >= 11 is 12.1. The smallest absolute Gasteiger partial charge is 0.276 e. The van der Waals surface area contributed by atoms with Crippen LogP contribution in [0.25, 0.3) is 0 Å². The minimum atomic E-state index is -0.389. The summed E-state index contributed by atoms with van der Waals surface area (Å²) in [5.74, 6) is 0.0947. The van der Waals surface area contributed by atoms with Gasteiger partial charge in [0.2, 0.25) is 0 Å². The van der Waals surface area contributed by atoms with Gasteiger partial charge in [-0.3, -0.25) is 4.79 Å². The SMILES string of the molecule is O=C(Nc1ccccc1Cl)c1ccc(Nc2ccccc2Cl)nn1. The molecule has 3 aromatic rings. The van der Waals surface area contributed by atoms with E-state index in [4.69, 9.17) is 23.2 Å². The molecule has 24 heavy (non-hydrogen) atoms. The zero-order valence-electron chi connectivity index (χ0n) is 12.3. The summed E-state index contributed by atoms with van der Waals surface area (Å²) in [5.41, 5.74) is 1.41. The van der Waals surface area contributed by atoms with E-state index in [0.717, 1.165) is 0 Å². The Morgan fingerprint density at radius 1 is 0.792 bits per heavy atom. The number of carbonyl (C=O) groups is 1. The van der Waals surface area contributed by atoms with Gasteiger partial charge in [0, 0.05) is 0 Å². The average Bonchev–Trinajstić information content (AvgIpc) is 2.59. The number of rotatable bonds is 4. The lowest BCUT2D eigenvalue weighted by molar-refractivity contribution is 0.102. The Hall–Kier alpha value is -2.63. The van der Waals surface area contributed by atoms with Crippen molar-refractivity contribution < 1.29 is 4.79 Å². The zero-order chi connectivity index (χ0) is 16.9. The van der Waals surface area contributed by atoms with Gasteiger partial charge in [-0.25, -0.2) is 0 Å². The number of para-hydroxylation sites is 2. The molecule has 0 aliphatic rings. The van der Waals surface area contributed by atoms with Gasteiger partial charge < -0.3 is 10.6 Å². The first-order valence-corrected chi connectivity index (χ1v) is 7.80. The van der Waals surface area contributed by atoms with Gasteiger partial charge in [0.15, 0.2) is 11.5 Å². The zero-order valence-corrected chi connectivity index (χ0v) is 13.8. The van der Waals surface area contributed by atoms with E-state index in [2.05, 4.69) is 20.8 Å². The molecule has 0 saturated heterocycles. The summed E-state index contributed by atoms with van der Waals surface area (Å²) in [6.07, 6.45) is 0. The third-order valence-electron chi connectivity index (χ3n) is 3.16. The Morgan fingerprint density at radius 3 is 2.00 bits per heavy atom. The number of nitrogens with one attached hydrogen (secondary N) is 2. The molecule has 1 amide bonds. The fourth-order valence-electron chi connectivity index (χ4n) is 1.97. The van der Waals surface area contributed by atoms with Gasteiger partial charge >= 0.3 is 0 Å². The van der Waals surface area contributed by atoms with Gasteiger partial charge in [0.25, 0.3) is 5.91 Å². The number of hydrogen-bond donors (Lipinski definition) is 2. The van der Waals surface area contributed by atoms with Crippen LogP contribution in [0.2, 0.25) is 10.0 Å². The Labute approximate surface area is 148 Å². The fourth-order valence-corrected chi connectivity index (χ4v) is 2.34. The number of carbonyl (C=O) groups excluding carboxylic acids is 1. The summed E-state index contributed by atoms with van der Waals surface area (Å²) in [4.78, 5) is 12.2. The predicted molar refractivity (Wildman–Crippen MR) is 96.2 cm³/mol. The maximum atomic E-state index is 12.2. The van der Waals surface area contributed by atoms with Gasteiger partial charge in [-0.2, -0.15) is 0 Å². The van der Waals surface area contributed by atoms with Crippen molar-refractivity contribution in [1.29, 1.82) is 0 Å². The minimum absolute atomic E-state index is 0.180. The van der Waals surface area contributed by atoms with Crippen LogP contribution < -0.4 is 10.6 Å². The number of benzene rings is 2. The van der Waals surface area contributed by atoms with Crippen molar-refractivity contribution in [3.05, 3.63) is 76.4 Å². The van der Waals surface area contributed by atoms with E-state index >= 15 is 0 Å². The molecule has 0 atom stereocenters. The number of nitrogens with zero attached hydrogens (tertiary/aromatic N) is 2. The summed E-state index contributed by atoms with van der Waals surface area (Å²) in [7, 11) is 0. The molecule has 0 spiro atoms. The molecule has 0 aliphatic heterocycles. The molecule has 0 saturated carbocycles. The first-order valence-electron chi connectivity index (χ1n) is 7.04. The molecule has 5 nitrogen and oxygen atoms in total. The van der Waals surface area contributed by atoms with Crippen LogP contribution in [0.1, 0.15) is 10.5 Å².